The van der Waals surface area contributed by atoms with E-state index in [0.717, 1.165) is 15.8 Å². The molecule has 210 valence electrons. The first kappa shape index (κ1) is 27.9. The summed E-state index contributed by atoms with van der Waals surface area (Å²) in [5, 5.41) is 13.1. The number of amides is 1. The van der Waals surface area contributed by atoms with Crippen LogP contribution in [0.2, 0.25) is 10.0 Å². The summed E-state index contributed by atoms with van der Waals surface area (Å²) in [7, 11) is 0. The van der Waals surface area contributed by atoms with E-state index in [9.17, 15) is 32.7 Å². The number of rotatable bonds is 8. The molecule has 3 aliphatic rings. The Labute approximate surface area is 231 Å². The molecule has 0 radical (unpaired) electrons. The van der Waals surface area contributed by atoms with Crippen molar-refractivity contribution in [1.82, 2.24) is 14.7 Å². The normalized spacial score (nSPS) is 25.4. The molecule has 1 aromatic heterocycles. The highest BCUT2D eigenvalue weighted by molar-refractivity contribution is 6.40. The zero-order valence-corrected chi connectivity index (χ0v) is 22.1. The van der Waals surface area contributed by atoms with Crippen LogP contribution in [0.4, 0.5) is 17.6 Å². The molecule has 0 unspecified atom stereocenters. The molecule has 0 aliphatic heterocycles. The average molecular weight is 590 g/mol. The zero-order chi connectivity index (χ0) is 28.3. The van der Waals surface area contributed by atoms with E-state index in [1.807, 2.05) is 0 Å². The molecule has 0 spiro atoms. The second kappa shape index (κ2) is 10.1. The van der Waals surface area contributed by atoms with Crippen LogP contribution in [-0.2, 0) is 11.0 Å². The van der Waals surface area contributed by atoms with E-state index >= 15 is 4.39 Å². The Balaban J connectivity index is 1.46. The zero-order valence-electron chi connectivity index (χ0n) is 20.6. The van der Waals surface area contributed by atoms with E-state index in [4.69, 9.17) is 23.2 Å². The molecule has 1 aromatic carbocycles. The van der Waals surface area contributed by atoms with Crippen LogP contribution < -0.4 is 0 Å². The number of hydrogen-bond acceptors (Lipinski definition) is 4. The maximum Gasteiger partial charge on any atom is 0.433 e. The van der Waals surface area contributed by atoms with Gasteiger partial charge in [-0.15, -0.1) is 0 Å². The minimum absolute atomic E-state index is 0.000934. The fraction of sp³-hybridized carbons (Fsp3) is 0.538. The van der Waals surface area contributed by atoms with Gasteiger partial charge in [-0.1, -0.05) is 42.1 Å². The Morgan fingerprint density at radius 2 is 1.69 bits per heavy atom. The van der Waals surface area contributed by atoms with E-state index in [-0.39, 0.29) is 53.1 Å². The van der Waals surface area contributed by atoms with Crippen LogP contribution in [0.1, 0.15) is 71.0 Å². The Kier molecular flexibility index (Phi) is 7.20. The van der Waals surface area contributed by atoms with Crippen LogP contribution in [0.5, 0.6) is 0 Å². The highest BCUT2D eigenvalue weighted by atomic mass is 35.5. The number of carbonyl (C=O) groups excluding carboxylic acids is 2. The van der Waals surface area contributed by atoms with Crippen LogP contribution in [0, 0.1) is 17.8 Å². The molecule has 3 fully saturated rings. The van der Waals surface area contributed by atoms with Crippen LogP contribution in [0.3, 0.4) is 0 Å². The lowest BCUT2D eigenvalue weighted by Crippen LogP contribution is -2.45. The van der Waals surface area contributed by atoms with Gasteiger partial charge in [0, 0.05) is 0 Å². The van der Waals surface area contributed by atoms with Gasteiger partial charge in [-0.25, -0.2) is 4.39 Å². The van der Waals surface area contributed by atoms with Crippen molar-refractivity contribution in [3.8, 4) is 0 Å². The average Bonchev–Trinajstić information content (AvgIpc) is 3.26. The molecule has 1 N–H and O–H groups in total. The van der Waals surface area contributed by atoms with Crippen molar-refractivity contribution in [1.29, 1.82) is 0 Å². The van der Waals surface area contributed by atoms with Crippen LogP contribution >= 0.6 is 23.2 Å². The number of carbonyl (C=O) groups is 3. The Morgan fingerprint density at radius 1 is 1.10 bits per heavy atom. The SMILES string of the molecule is O=C(CN(CC1(F)CCCC1)C(=O)c1cnn([C@@H]2C[C@@H]3[C@H](C2)[C@@H]3C(=O)O)c1C(F)(F)F)c1c(Cl)cccc1Cl. The van der Waals surface area contributed by atoms with Crippen molar-refractivity contribution in [2.45, 2.75) is 56.4 Å². The van der Waals surface area contributed by atoms with Crippen molar-refractivity contribution in [2.75, 3.05) is 13.1 Å². The quantitative estimate of drug-likeness (QED) is 0.297. The van der Waals surface area contributed by atoms with Gasteiger partial charge in [0.05, 0.1) is 52.4 Å². The van der Waals surface area contributed by atoms with Gasteiger partial charge < -0.3 is 10.0 Å². The van der Waals surface area contributed by atoms with Gasteiger partial charge in [0.15, 0.2) is 11.5 Å². The minimum Gasteiger partial charge on any atom is -0.481 e. The summed E-state index contributed by atoms with van der Waals surface area (Å²) in [5.41, 5.74) is -4.05. The number of fused-ring (bicyclic) bond motifs is 1. The van der Waals surface area contributed by atoms with Crippen LogP contribution in [0.25, 0.3) is 0 Å². The fourth-order valence-corrected chi connectivity index (χ4v) is 6.96. The van der Waals surface area contributed by atoms with E-state index in [2.05, 4.69) is 5.10 Å². The molecule has 1 amide bonds. The lowest BCUT2D eigenvalue weighted by atomic mass is 10.0. The smallest absolute Gasteiger partial charge is 0.433 e. The van der Waals surface area contributed by atoms with Gasteiger partial charge in [-0.2, -0.15) is 18.3 Å². The number of Topliss-reactive ketones (excluding diaryl/α,β-unsaturated/α-hetero) is 1. The van der Waals surface area contributed by atoms with E-state index < -0.39 is 65.8 Å². The first-order valence-corrected chi connectivity index (χ1v) is 13.4. The minimum atomic E-state index is -4.98. The Morgan fingerprint density at radius 3 is 2.23 bits per heavy atom. The Hall–Kier alpha value is -2.66. The molecule has 1 heterocycles. The Bertz CT molecular complexity index is 1290. The third-order valence-corrected chi connectivity index (χ3v) is 8.81. The molecule has 0 saturated heterocycles. The summed E-state index contributed by atoms with van der Waals surface area (Å²) in [6.45, 7) is -1.31. The topological polar surface area (TPSA) is 92.5 Å². The molecular weight excluding hydrogens is 565 g/mol. The van der Waals surface area contributed by atoms with Gasteiger partial charge in [-0.05, 0) is 49.7 Å². The molecule has 7 nitrogen and oxygen atoms in total. The number of aromatic nitrogens is 2. The number of carboxylic acids is 1. The van der Waals surface area contributed by atoms with Gasteiger partial charge >= 0.3 is 12.1 Å². The molecular formula is C26H25Cl2F4N3O4. The number of aliphatic carboxylic acids is 1. The fourth-order valence-electron chi connectivity index (χ4n) is 6.35. The van der Waals surface area contributed by atoms with Crippen LogP contribution in [0.15, 0.2) is 24.4 Å². The van der Waals surface area contributed by atoms with Crippen LogP contribution in [-0.4, -0.2) is 56.2 Å². The molecule has 39 heavy (non-hydrogen) atoms. The van der Waals surface area contributed by atoms with Gasteiger partial charge in [-0.3, -0.25) is 19.1 Å². The molecule has 4 atom stereocenters. The summed E-state index contributed by atoms with van der Waals surface area (Å²) in [6, 6.07) is 3.60. The summed E-state index contributed by atoms with van der Waals surface area (Å²) in [5.74, 6) is -3.93. The number of alkyl halides is 4. The molecule has 13 heteroatoms. The highest BCUT2D eigenvalue weighted by Crippen LogP contribution is 2.61. The van der Waals surface area contributed by atoms with Gasteiger partial charge in [0.2, 0.25) is 0 Å². The maximum absolute atomic E-state index is 15.5. The predicted molar refractivity (Wildman–Crippen MR) is 133 cm³/mol. The van der Waals surface area contributed by atoms with Crippen molar-refractivity contribution in [3.05, 3.63) is 51.3 Å². The third kappa shape index (κ3) is 5.27. The summed E-state index contributed by atoms with van der Waals surface area (Å²) in [6.07, 6.45) is -2.47. The number of ketones is 1. The number of hydrogen-bond donors (Lipinski definition) is 1. The first-order valence-electron chi connectivity index (χ1n) is 12.6. The van der Waals surface area contributed by atoms with E-state index in [0.29, 0.717) is 12.8 Å². The molecule has 3 aliphatic carbocycles. The second-order valence-electron chi connectivity index (χ2n) is 10.7. The monoisotopic (exact) mass is 589 g/mol. The maximum atomic E-state index is 15.5. The lowest BCUT2D eigenvalue weighted by Gasteiger charge is -2.30. The third-order valence-electron chi connectivity index (χ3n) is 8.18. The summed E-state index contributed by atoms with van der Waals surface area (Å²) < 4.78 is 59.3. The van der Waals surface area contributed by atoms with Crippen molar-refractivity contribution in [2.24, 2.45) is 17.8 Å². The van der Waals surface area contributed by atoms with Gasteiger partial charge in [0.1, 0.15) is 5.67 Å². The molecule has 5 rings (SSSR count). The largest absolute Gasteiger partial charge is 0.481 e. The summed E-state index contributed by atoms with van der Waals surface area (Å²) in [4.78, 5) is 38.9. The number of benzene rings is 1. The van der Waals surface area contributed by atoms with Crippen molar-refractivity contribution >= 4 is 40.9 Å². The van der Waals surface area contributed by atoms with Crippen molar-refractivity contribution in [3.63, 3.8) is 0 Å². The van der Waals surface area contributed by atoms with E-state index in [1.54, 1.807) is 0 Å². The first-order chi connectivity index (χ1) is 18.3. The highest BCUT2D eigenvalue weighted by Gasteiger charge is 2.61. The number of nitrogens with zero attached hydrogens (tertiary/aromatic N) is 3. The standard InChI is InChI=1S/C26H25Cl2F4N3O4/c27-17-4-3-5-18(28)21(17)19(36)11-34(12-25(29)6-1-2-7-25)23(37)16-10-33-35(22(16)26(30,31)32)13-8-14-15(9-13)20(14)24(38)39/h3-5,10,13-15,20H,1-2,6-9,11-12H2,(H,38,39)/t13-,14-,15+,20-. The summed E-state index contributed by atoms with van der Waals surface area (Å²) >= 11 is 12.3. The predicted octanol–water partition coefficient (Wildman–Crippen LogP) is 6.10. The van der Waals surface area contributed by atoms with Gasteiger partial charge in [0.25, 0.3) is 5.91 Å². The number of halogens is 6. The molecule has 0 bridgehead atoms. The lowest BCUT2D eigenvalue weighted by molar-refractivity contribution is -0.146. The number of carboxylic acid groups (broad SMARTS) is 1. The van der Waals surface area contributed by atoms with E-state index in [1.165, 1.54) is 18.2 Å². The second-order valence-corrected chi connectivity index (χ2v) is 11.5. The molecule has 3 saturated carbocycles. The molecule has 2 aromatic rings. The van der Waals surface area contributed by atoms with Crippen molar-refractivity contribution < 1.29 is 37.1 Å².